The van der Waals surface area contributed by atoms with Crippen molar-refractivity contribution in [1.82, 2.24) is 0 Å². The van der Waals surface area contributed by atoms with Gasteiger partial charge in [0.25, 0.3) is 0 Å². The summed E-state index contributed by atoms with van der Waals surface area (Å²) < 4.78 is 6.99. The predicted octanol–water partition coefficient (Wildman–Crippen LogP) is 1.25. The average molecular weight is 254 g/mol. The molecule has 1 aliphatic heterocycles. The first-order valence-corrected chi connectivity index (χ1v) is 6.77. The molecule has 14 heavy (non-hydrogen) atoms. The molecule has 0 aliphatic carbocycles. The molecule has 0 fully saturated rings. The summed E-state index contributed by atoms with van der Waals surface area (Å²) in [6.07, 6.45) is 0.329. The van der Waals surface area contributed by atoms with Crippen molar-refractivity contribution >= 4 is 25.3 Å². The summed E-state index contributed by atoms with van der Waals surface area (Å²) in [6.45, 7) is 2.77. The zero-order valence-electron chi connectivity index (χ0n) is 8.14. The van der Waals surface area contributed by atoms with Crippen LogP contribution >= 0.6 is 0 Å². The second kappa shape index (κ2) is 4.63. The van der Waals surface area contributed by atoms with Crippen molar-refractivity contribution in [3.05, 3.63) is 30.3 Å². The van der Waals surface area contributed by atoms with Gasteiger partial charge in [0, 0.05) is 0 Å². The first-order chi connectivity index (χ1) is 6.84. The van der Waals surface area contributed by atoms with Gasteiger partial charge < -0.3 is 0 Å². The normalized spacial score (nSPS) is 20.4. The van der Waals surface area contributed by atoms with E-state index in [0.29, 0.717) is 21.1 Å². The molecular weight excluding hydrogens is 241 g/mol. The Labute approximate surface area is 90.5 Å². The van der Waals surface area contributed by atoms with Gasteiger partial charge in [0.1, 0.15) is 0 Å². The Balaban J connectivity index is 1.79. The molecule has 1 atom stereocenters. The monoisotopic (exact) mass is 255 g/mol. The Hall–Kier alpha value is -0.791. The van der Waals surface area contributed by atoms with E-state index < -0.39 is 0 Å². The van der Waals surface area contributed by atoms with Crippen LogP contribution in [0.25, 0.3) is 0 Å². The molecule has 0 bridgehead atoms. The van der Waals surface area contributed by atoms with Crippen LogP contribution in [0.4, 0.5) is 0 Å². The summed E-state index contributed by atoms with van der Waals surface area (Å²) in [5.74, 6) is 0.846. The molecule has 0 saturated carbocycles. The standard InChI is InChI=1S/C11H13NOSe/c1-9-12-7-10(13-9)8-14-11-5-3-2-4-6-11/h2-6,10H,7-8H2,1H3. The van der Waals surface area contributed by atoms with Gasteiger partial charge in [0.05, 0.1) is 0 Å². The van der Waals surface area contributed by atoms with Crippen LogP contribution in [0.2, 0.25) is 5.32 Å². The summed E-state index contributed by atoms with van der Waals surface area (Å²) >= 11 is 0.520. The van der Waals surface area contributed by atoms with Gasteiger partial charge in [0.2, 0.25) is 0 Å². The van der Waals surface area contributed by atoms with E-state index in [1.54, 1.807) is 0 Å². The van der Waals surface area contributed by atoms with E-state index in [9.17, 15) is 0 Å². The van der Waals surface area contributed by atoms with E-state index >= 15 is 0 Å². The van der Waals surface area contributed by atoms with Gasteiger partial charge in [-0.2, -0.15) is 0 Å². The van der Waals surface area contributed by atoms with Gasteiger partial charge in [-0.05, 0) is 0 Å². The Morgan fingerprint density at radius 2 is 2.21 bits per heavy atom. The van der Waals surface area contributed by atoms with Crippen LogP contribution in [0.5, 0.6) is 0 Å². The Morgan fingerprint density at radius 1 is 1.43 bits per heavy atom. The molecule has 0 spiro atoms. The molecule has 0 aromatic heterocycles. The summed E-state index contributed by atoms with van der Waals surface area (Å²) in [7, 11) is 0. The zero-order valence-corrected chi connectivity index (χ0v) is 9.86. The number of aliphatic imine (C=N–C) groups is 1. The number of benzene rings is 1. The van der Waals surface area contributed by atoms with Gasteiger partial charge in [-0.3, -0.25) is 0 Å². The van der Waals surface area contributed by atoms with E-state index in [4.69, 9.17) is 4.74 Å². The fourth-order valence-corrected chi connectivity index (χ4v) is 3.23. The average Bonchev–Trinajstić information content (AvgIpc) is 2.63. The molecule has 0 N–H and O–H groups in total. The summed E-state index contributed by atoms with van der Waals surface area (Å²) in [5, 5.41) is 1.12. The summed E-state index contributed by atoms with van der Waals surface area (Å²) in [5.41, 5.74) is 0. The van der Waals surface area contributed by atoms with Gasteiger partial charge >= 0.3 is 90.3 Å². The van der Waals surface area contributed by atoms with Crippen LogP contribution in [0.3, 0.4) is 0 Å². The molecule has 2 nitrogen and oxygen atoms in total. The molecule has 74 valence electrons. The van der Waals surface area contributed by atoms with E-state index in [0.717, 1.165) is 17.8 Å². The fourth-order valence-electron chi connectivity index (χ4n) is 1.34. The minimum absolute atomic E-state index is 0.329. The first kappa shape index (κ1) is 9.75. The van der Waals surface area contributed by atoms with E-state index in [1.807, 2.05) is 6.92 Å². The maximum absolute atomic E-state index is 5.55. The van der Waals surface area contributed by atoms with Crippen LogP contribution in [0.15, 0.2) is 35.3 Å². The fraction of sp³-hybridized carbons (Fsp3) is 0.364. The second-order valence-electron chi connectivity index (χ2n) is 3.22. The molecule has 0 saturated heterocycles. The molecule has 3 heteroatoms. The van der Waals surface area contributed by atoms with E-state index in [-0.39, 0.29) is 0 Å². The molecule has 1 unspecified atom stereocenters. The molecular formula is C11H13NOSe. The number of hydrogen-bond acceptors (Lipinski definition) is 2. The second-order valence-corrected chi connectivity index (χ2v) is 5.52. The Kier molecular flexibility index (Phi) is 3.22. The van der Waals surface area contributed by atoms with Gasteiger partial charge in [-0.1, -0.05) is 0 Å². The third kappa shape index (κ3) is 2.60. The molecule has 0 amide bonds. The minimum atomic E-state index is 0.329. The topological polar surface area (TPSA) is 21.6 Å². The van der Waals surface area contributed by atoms with Crippen molar-refractivity contribution in [2.45, 2.75) is 18.3 Å². The van der Waals surface area contributed by atoms with E-state index in [2.05, 4.69) is 35.3 Å². The number of rotatable bonds is 3. The van der Waals surface area contributed by atoms with Gasteiger partial charge in [-0.25, -0.2) is 0 Å². The summed E-state index contributed by atoms with van der Waals surface area (Å²) in [6, 6.07) is 10.6. The first-order valence-electron chi connectivity index (χ1n) is 4.70. The predicted molar refractivity (Wildman–Crippen MR) is 59.5 cm³/mol. The SMILES string of the molecule is CC1=NCC(C[Se]c2ccccc2)O1. The molecule has 1 aromatic rings. The van der Waals surface area contributed by atoms with Crippen LogP contribution in [0.1, 0.15) is 6.92 Å². The van der Waals surface area contributed by atoms with Gasteiger partial charge in [-0.15, -0.1) is 0 Å². The van der Waals surface area contributed by atoms with Crippen molar-refractivity contribution in [2.24, 2.45) is 4.99 Å². The van der Waals surface area contributed by atoms with Crippen LogP contribution in [0, 0.1) is 0 Å². The molecule has 1 aromatic carbocycles. The van der Waals surface area contributed by atoms with Crippen molar-refractivity contribution in [1.29, 1.82) is 0 Å². The third-order valence-corrected chi connectivity index (χ3v) is 4.43. The van der Waals surface area contributed by atoms with Crippen LogP contribution in [-0.2, 0) is 4.74 Å². The maximum atomic E-state index is 5.55. The quantitative estimate of drug-likeness (QED) is 0.744. The van der Waals surface area contributed by atoms with Crippen LogP contribution in [-0.4, -0.2) is 33.5 Å². The Bertz CT molecular complexity index is 323. The van der Waals surface area contributed by atoms with Crippen molar-refractivity contribution in [2.75, 3.05) is 6.54 Å². The third-order valence-electron chi connectivity index (χ3n) is 2.03. The van der Waals surface area contributed by atoms with Crippen molar-refractivity contribution < 1.29 is 4.74 Å². The zero-order chi connectivity index (χ0) is 9.80. The Morgan fingerprint density at radius 3 is 2.86 bits per heavy atom. The number of nitrogens with zero attached hydrogens (tertiary/aromatic N) is 1. The number of ether oxygens (including phenoxy) is 1. The molecule has 1 aliphatic rings. The molecule has 2 rings (SSSR count). The van der Waals surface area contributed by atoms with Crippen LogP contribution < -0.4 is 4.46 Å². The summed E-state index contributed by atoms with van der Waals surface area (Å²) in [4.78, 5) is 4.23. The van der Waals surface area contributed by atoms with Crippen molar-refractivity contribution in [3.63, 3.8) is 0 Å². The van der Waals surface area contributed by atoms with E-state index in [1.165, 1.54) is 4.46 Å². The number of hydrogen-bond donors (Lipinski definition) is 0. The van der Waals surface area contributed by atoms with Crippen molar-refractivity contribution in [3.8, 4) is 0 Å². The molecule has 0 radical (unpaired) electrons. The molecule has 1 heterocycles. The van der Waals surface area contributed by atoms with Gasteiger partial charge in [0.15, 0.2) is 0 Å².